The van der Waals surface area contributed by atoms with Crippen LogP contribution in [0.2, 0.25) is 0 Å². The van der Waals surface area contributed by atoms with Crippen molar-refractivity contribution in [3.63, 3.8) is 0 Å². The van der Waals surface area contributed by atoms with Crippen molar-refractivity contribution in [2.24, 2.45) is 0 Å². The topological polar surface area (TPSA) is 58.7 Å². The Balaban J connectivity index is 2.23. The van der Waals surface area contributed by atoms with Gasteiger partial charge in [-0.3, -0.25) is 9.36 Å². The summed E-state index contributed by atoms with van der Waals surface area (Å²) in [6, 6.07) is 10.3. The first kappa shape index (κ1) is 17.5. The van der Waals surface area contributed by atoms with Crippen LogP contribution in [0.1, 0.15) is 12.5 Å². The van der Waals surface area contributed by atoms with Gasteiger partial charge in [0.25, 0.3) is 5.56 Å². The minimum Gasteiger partial charge on any atom is -0.283 e. The highest BCUT2D eigenvalue weighted by Gasteiger charge is 2.18. The molecule has 2 aromatic heterocycles. The molecule has 0 radical (unpaired) electrons. The van der Waals surface area contributed by atoms with E-state index in [1.807, 2.05) is 36.6 Å². The van der Waals surface area contributed by atoms with Crippen LogP contribution in [0.15, 0.2) is 52.3 Å². The zero-order chi connectivity index (χ0) is 18.0. The second-order valence-corrected chi connectivity index (χ2v) is 7.85. The zero-order valence-electron chi connectivity index (χ0n) is 14.0. The molecule has 0 bridgehead atoms. The Labute approximate surface area is 154 Å². The van der Waals surface area contributed by atoms with E-state index in [1.165, 1.54) is 28.7 Å². The molecule has 1 aromatic carbocycles. The summed E-state index contributed by atoms with van der Waals surface area (Å²) in [7, 11) is 0. The number of rotatable bonds is 5. The molecule has 25 heavy (non-hydrogen) atoms. The van der Waals surface area contributed by atoms with E-state index in [0.29, 0.717) is 21.9 Å². The van der Waals surface area contributed by atoms with Gasteiger partial charge < -0.3 is 0 Å². The third-order valence-corrected chi connectivity index (χ3v) is 5.65. The van der Waals surface area contributed by atoms with E-state index in [0.717, 1.165) is 11.1 Å². The summed E-state index contributed by atoms with van der Waals surface area (Å²) in [5.74, 6) is 0. The number of aromatic nitrogens is 2. The average Bonchev–Trinajstić information content (AvgIpc) is 3.03. The van der Waals surface area contributed by atoms with E-state index in [9.17, 15) is 4.79 Å². The molecule has 0 spiro atoms. The maximum absolute atomic E-state index is 13.1. The monoisotopic (exact) mass is 367 g/mol. The molecular formula is C19H17N3OS2. The van der Waals surface area contributed by atoms with Gasteiger partial charge in [0, 0.05) is 17.5 Å². The fourth-order valence-corrected chi connectivity index (χ4v) is 4.31. The highest BCUT2D eigenvalue weighted by Crippen LogP contribution is 2.32. The van der Waals surface area contributed by atoms with Crippen molar-refractivity contribution in [1.29, 1.82) is 5.26 Å². The van der Waals surface area contributed by atoms with Gasteiger partial charge in [0.15, 0.2) is 5.16 Å². The van der Waals surface area contributed by atoms with Crippen LogP contribution in [0, 0.1) is 18.3 Å². The Bertz CT molecular complexity index is 1030. The molecule has 0 saturated heterocycles. The van der Waals surface area contributed by atoms with Gasteiger partial charge in [0.05, 0.1) is 16.7 Å². The highest BCUT2D eigenvalue weighted by molar-refractivity contribution is 8.00. The van der Waals surface area contributed by atoms with Gasteiger partial charge in [-0.2, -0.15) is 5.26 Å². The molecule has 1 atom stereocenters. The van der Waals surface area contributed by atoms with E-state index < -0.39 is 0 Å². The fourth-order valence-electron chi connectivity index (χ4n) is 2.52. The van der Waals surface area contributed by atoms with E-state index in [-0.39, 0.29) is 10.8 Å². The molecule has 6 heteroatoms. The Kier molecular flexibility index (Phi) is 5.07. The Morgan fingerprint density at radius 2 is 2.16 bits per heavy atom. The summed E-state index contributed by atoms with van der Waals surface area (Å²) < 4.78 is 1.60. The summed E-state index contributed by atoms with van der Waals surface area (Å²) in [5.41, 5.74) is 3.00. The average molecular weight is 367 g/mol. The second kappa shape index (κ2) is 7.26. The van der Waals surface area contributed by atoms with Gasteiger partial charge in [-0.25, -0.2) is 4.98 Å². The SMILES string of the molecule is C=CCn1c(S[C@@H](C)C#N)nc2scc(-c3ccc(C)cc3)c2c1=O. The number of nitriles is 1. The van der Waals surface area contributed by atoms with Crippen molar-refractivity contribution in [2.75, 3.05) is 0 Å². The van der Waals surface area contributed by atoms with Crippen LogP contribution in [0.25, 0.3) is 21.3 Å². The number of thioether (sulfide) groups is 1. The summed E-state index contributed by atoms with van der Waals surface area (Å²) in [6.07, 6.45) is 1.67. The lowest BCUT2D eigenvalue weighted by Crippen LogP contribution is -2.23. The zero-order valence-corrected chi connectivity index (χ0v) is 15.7. The lowest BCUT2D eigenvalue weighted by atomic mass is 10.1. The van der Waals surface area contributed by atoms with Crippen LogP contribution in [0.3, 0.4) is 0 Å². The molecular weight excluding hydrogens is 350 g/mol. The Morgan fingerprint density at radius 3 is 2.80 bits per heavy atom. The third kappa shape index (κ3) is 3.39. The maximum Gasteiger partial charge on any atom is 0.263 e. The molecule has 3 aromatic rings. The van der Waals surface area contributed by atoms with Gasteiger partial charge in [-0.1, -0.05) is 47.7 Å². The summed E-state index contributed by atoms with van der Waals surface area (Å²) in [6.45, 7) is 7.94. The molecule has 0 amide bonds. The van der Waals surface area contributed by atoms with Gasteiger partial charge in [-0.05, 0) is 19.4 Å². The van der Waals surface area contributed by atoms with E-state index in [1.54, 1.807) is 17.6 Å². The number of hydrogen-bond acceptors (Lipinski definition) is 5. The highest BCUT2D eigenvalue weighted by atomic mass is 32.2. The van der Waals surface area contributed by atoms with Crippen LogP contribution >= 0.6 is 23.1 Å². The van der Waals surface area contributed by atoms with Crippen molar-refractivity contribution in [3.8, 4) is 17.2 Å². The van der Waals surface area contributed by atoms with Crippen molar-refractivity contribution in [1.82, 2.24) is 9.55 Å². The van der Waals surface area contributed by atoms with Crippen molar-refractivity contribution in [2.45, 2.75) is 30.8 Å². The molecule has 0 aliphatic heterocycles. The molecule has 2 heterocycles. The lowest BCUT2D eigenvalue weighted by molar-refractivity contribution is 0.672. The minimum absolute atomic E-state index is 0.0886. The number of fused-ring (bicyclic) bond motifs is 1. The van der Waals surface area contributed by atoms with Crippen LogP contribution in [0.5, 0.6) is 0 Å². The molecule has 0 N–H and O–H groups in total. The first-order valence-corrected chi connectivity index (χ1v) is 9.57. The van der Waals surface area contributed by atoms with Gasteiger partial charge >= 0.3 is 0 Å². The van der Waals surface area contributed by atoms with Gasteiger partial charge in [-0.15, -0.1) is 17.9 Å². The van der Waals surface area contributed by atoms with Crippen molar-refractivity contribution >= 4 is 33.3 Å². The first-order chi connectivity index (χ1) is 12.0. The minimum atomic E-state index is -0.281. The number of hydrogen-bond donors (Lipinski definition) is 0. The molecule has 126 valence electrons. The Hall–Kier alpha value is -2.36. The third-order valence-electron chi connectivity index (χ3n) is 3.80. The number of allylic oxidation sites excluding steroid dienone is 1. The van der Waals surface area contributed by atoms with Crippen molar-refractivity contribution < 1.29 is 0 Å². The van der Waals surface area contributed by atoms with Crippen LogP contribution < -0.4 is 5.56 Å². The molecule has 0 aliphatic rings. The van der Waals surface area contributed by atoms with Crippen LogP contribution in [-0.2, 0) is 6.54 Å². The van der Waals surface area contributed by atoms with Crippen LogP contribution in [-0.4, -0.2) is 14.8 Å². The first-order valence-electron chi connectivity index (χ1n) is 7.81. The van der Waals surface area contributed by atoms with Gasteiger partial charge in [0.1, 0.15) is 4.83 Å². The predicted molar refractivity (Wildman–Crippen MR) is 105 cm³/mol. The van der Waals surface area contributed by atoms with E-state index in [2.05, 4.69) is 17.6 Å². The molecule has 3 rings (SSSR count). The van der Waals surface area contributed by atoms with E-state index in [4.69, 9.17) is 5.26 Å². The number of aryl methyl sites for hydroxylation is 1. The summed E-state index contributed by atoms with van der Waals surface area (Å²) in [5, 5.41) is 12.0. The quantitative estimate of drug-likeness (QED) is 0.375. The molecule has 4 nitrogen and oxygen atoms in total. The molecule has 0 fully saturated rings. The fraction of sp³-hybridized carbons (Fsp3) is 0.211. The smallest absolute Gasteiger partial charge is 0.263 e. The van der Waals surface area contributed by atoms with Gasteiger partial charge in [0.2, 0.25) is 0 Å². The number of thiophene rings is 1. The standard InChI is InChI=1S/C19H17N3OS2/c1-4-9-22-18(23)16-15(14-7-5-12(2)6-8-14)11-24-17(16)21-19(22)25-13(3)10-20/h4-8,11,13H,1,9H2,2-3H3/t13-/m0/s1. The molecule has 0 aliphatic carbocycles. The Morgan fingerprint density at radius 1 is 1.44 bits per heavy atom. The summed E-state index contributed by atoms with van der Waals surface area (Å²) in [4.78, 5) is 18.5. The normalized spacial score (nSPS) is 12.0. The van der Waals surface area contributed by atoms with E-state index >= 15 is 0 Å². The maximum atomic E-state index is 13.1. The second-order valence-electron chi connectivity index (χ2n) is 5.68. The lowest BCUT2D eigenvalue weighted by Gasteiger charge is -2.11. The summed E-state index contributed by atoms with van der Waals surface area (Å²) >= 11 is 2.75. The molecule has 0 saturated carbocycles. The largest absolute Gasteiger partial charge is 0.283 e. The van der Waals surface area contributed by atoms with Crippen LogP contribution in [0.4, 0.5) is 0 Å². The molecule has 0 unspecified atom stereocenters. The predicted octanol–water partition coefficient (Wildman–Crippen LogP) is 4.62. The number of benzene rings is 1. The van der Waals surface area contributed by atoms with Crippen molar-refractivity contribution in [3.05, 3.63) is 58.2 Å². The number of nitrogens with zero attached hydrogens (tertiary/aromatic N) is 3.